The predicted molar refractivity (Wildman–Crippen MR) is 137 cm³/mol. The summed E-state index contributed by atoms with van der Waals surface area (Å²) in [4.78, 5) is 17.0. The summed E-state index contributed by atoms with van der Waals surface area (Å²) in [7, 11) is 0. The number of thiazole rings is 1. The van der Waals surface area contributed by atoms with E-state index in [9.17, 15) is 4.79 Å². The lowest BCUT2D eigenvalue weighted by atomic mass is 9.87. The van der Waals surface area contributed by atoms with Crippen LogP contribution in [0.15, 0.2) is 41.4 Å². The molecule has 6 nitrogen and oxygen atoms in total. The molecule has 1 saturated carbocycles. The van der Waals surface area contributed by atoms with Gasteiger partial charge in [-0.25, -0.2) is 4.98 Å². The minimum absolute atomic E-state index is 0.148. The zero-order valence-corrected chi connectivity index (χ0v) is 21.2. The van der Waals surface area contributed by atoms with E-state index in [1.165, 1.54) is 55.2 Å². The van der Waals surface area contributed by atoms with Crippen LogP contribution in [0.5, 0.6) is 0 Å². The van der Waals surface area contributed by atoms with Crippen molar-refractivity contribution in [2.45, 2.75) is 50.2 Å². The Hall–Kier alpha value is -1.87. The van der Waals surface area contributed by atoms with Gasteiger partial charge in [0.25, 0.3) is 0 Å². The van der Waals surface area contributed by atoms with Gasteiger partial charge in [-0.1, -0.05) is 73.1 Å². The molecule has 10 heteroatoms. The number of amides is 1. The molecule has 1 fully saturated rings. The van der Waals surface area contributed by atoms with Crippen LogP contribution in [0, 0.1) is 5.92 Å². The van der Waals surface area contributed by atoms with Crippen molar-refractivity contribution in [2.24, 2.45) is 5.92 Å². The van der Waals surface area contributed by atoms with Crippen molar-refractivity contribution < 1.29 is 4.79 Å². The summed E-state index contributed by atoms with van der Waals surface area (Å²) in [5.41, 5.74) is 1.47. The van der Waals surface area contributed by atoms with E-state index in [-0.39, 0.29) is 11.7 Å². The largest absolute Gasteiger partial charge is 0.302 e. The molecule has 1 aliphatic carbocycles. The SMILES string of the molecule is C=CCn1c(CC2CCCCC2)nnc1SCC(=O)Nc1nc(-c2ccc(Cl)cc2Cl)cs1. The molecule has 0 bridgehead atoms. The highest BCUT2D eigenvalue weighted by molar-refractivity contribution is 7.99. The third-order valence-electron chi connectivity index (χ3n) is 5.59. The number of benzene rings is 1. The Bertz CT molecular complexity index is 1120. The second kappa shape index (κ2) is 11.5. The van der Waals surface area contributed by atoms with Gasteiger partial charge in [0.15, 0.2) is 10.3 Å². The van der Waals surface area contributed by atoms with Crippen molar-refractivity contribution in [1.82, 2.24) is 19.7 Å². The lowest BCUT2D eigenvalue weighted by Gasteiger charge is -2.21. The Kier molecular flexibility index (Phi) is 8.46. The molecule has 1 N–H and O–H groups in total. The Morgan fingerprint density at radius 1 is 1.27 bits per heavy atom. The maximum atomic E-state index is 12.5. The molecule has 1 aromatic carbocycles. The van der Waals surface area contributed by atoms with E-state index in [4.69, 9.17) is 23.2 Å². The second-order valence-electron chi connectivity index (χ2n) is 8.01. The standard InChI is InChI=1S/C23H25Cl2N5OS2/c1-2-10-30-20(11-15-6-4-3-5-7-15)28-29-23(30)33-14-21(31)27-22-26-19(13-32-22)17-9-8-16(24)12-18(17)25/h2,8-9,12-13,15H,1,3-7,10-11,14H2,(H,26,27,31). The van der Waals surface area contributed by atoms with Crippen LogP contribution < -0.4 is 5.32 Å². The molecule has 4 rings (SSSR count). The Labute approximate surface area is 211 Å². The van der Waals surface area contributed by atoms with Crippen molar-refractivity contribution in [3.63, 3.8) is 0 Å². The molecule has 2 aromatic heterocycles. The number of rotatable bonds is 9. The number of carbonyl (C=O) groups excluding carboxylic acids is 1. The number of nitrogens with zero attached hydrogens (tertiary/aromatic N) is 4. The van der Waals surface area contributed by atoms with Gasteiger partial charge in [-0.05, 0) is 24.1 Å². The van der Waals surface area contributed by atoms with Gasteiger partial charge in [-0.3, -0.25) is 4.79 Å². The van der Waals surface area contributed by atoms with Gasteiger partial charge in [0.1, 0.15) is 5.82 Å². The van der Waals surface area contributed by atoms with Gasteiger partial charge in [0.2, 0.25) is 5.91 Å². The quantitative estimate of drug-likeness (QED) is 0.249. The van der Waals surface area contributed by atoms with Crippen LogP contribution in [0.1, 0.15) is 37.9 Å². The minimum Gasteiger partial charge on any atom is -0.302 e. The first-order valence-corrected chi connectivity index (χ1v) is 13.5. The number of carbonyl (C=O) groups is 1. The molecule has 0 atom stereocenters. The Morgan fingerprint density at radius 2 is 2.09 bits per heavy atom. The zero-order valence-electron chi connectivity index (χ0n) is 18.1. The fourth-order valence-corrected chi connectivity index (χ4v) is 5.97. The van der Waals surface area contributed by atoms with Gasteiger partial charge in [0, 0.05) is 28.9 Å². The van der Waals surface area contributed by atoms with Crippen LogP contribution in [-0.4, -0.2) is 31.4 Å². The van der Waals surface area contributed by atoms with E-state index in [0.29, 0.717) is 33.3 Å². The van der Waals surface area contributed by atoms with E-state index in [1.807, 2.05) is 17.5 Å². The van der Waals surface area contributed by atoms with Crippen molar-refractivity contribution in [3.8, 4) is 11.3 Å². The normalized spacial score (nSPS) is 14.4. The molecule has 3 aromatic rings. The molecular weight excluding hydrogens is 497 g/mol. The highest BCUT2D eigenvalue weighted by atomic mass is 35.5. The van der Waals surface area contributed by atoms with Crippen LogP contribution in [-0.2, 0) is 17.8 Å². The first-order chi connectivity index (χ1) is 16.0. The zero-order chi connectivity index (χ0) is 23.2. The summed E-state index contributed by atoms with van der Waals surface area (Å²) in [5, 5.41) is 15.8. The Morgan fingerprint density at radius 3 is 2.85 bits per heavy atom. The monoisotopic (exact) mass is 521 g/mol. The molecule has 0 radical (unpaired) electrons. The minimum atomic E-state index is -0.148. The van der Waals surface area contributed by atoms with Crippen molar-refractivity contribution in [1.29, 1.82) is 0 Å². The number of nitrogens with one attached hydrogen (secondary N) is 1. The molecule has 174 valence electrons. The summed E-state index contributed by atoms with van der Waals surface area (Å²) in [6, 6.07) is 5.26. The maximum Gasteiger partial charge on any atom is 0.236 e. The average molecular weight is 523 g/mol. The lowest BCUT2D eigenvalue weighted by molar-refractivity contribution is -0.113. The first-order valence-electron chi connectivity index (χ1n) is 10.9. The number of halogens is 2. The number of thioether (sulfide) groups is 1. The topological polar surface area (TPSA) is 72.7 Å². The molecule has 2 heterocycles. The van der Waals surface area contributed by atoms with Crippen LogP contribution in [0.4, 0.5) is 5.13 Å². The second-order valence-corrected chi connectivity index (χ2v) is 10.6. The molecule has 1 amide bonds. The van der Waals surface area contributed by atoms with Crippen molar-refractivity contribution in [3.05, 3.63) is 52.1 Å². The molecule has 0 aliphatic heterocycles. The van der Waals surface area contributed by atoms with E-state index in [2.05, 4.69) is 31.6 Å². The molecule has 1 aliphatic rings. The van der Waals surface area contributed by atoms with E-state index in [0.717, 1.165) is 23.0 Å². The van der Waals surface area contributed by atoms with Crippen LogP contribution in [0.3, 0.4) is 0 Å². The number of hydrogen-bond donors (Lipinski definition) is 1. The summed E-state index contributed by atoms with van der Waals surface area (Å²) in [6.45, 7) is 4.50. The maximum absolute atomic E-state index is 12.5. The number of aromatic nitrogens is 4. The van der Waals surface area contributed by atoms with Gasteiger partial charge < -0.3 is 9.88 Å². The van der Waals surface area contributed by atoms with Gasteiger partial charge in [-0.15, -0.1) is 28.1 Å². The molecule has 0 spiro atoms. The number of anilines is 1. The van der Waals surface area contributed by atoms with Crippen molar-refractivity contribution in [2.75, 3.05) is 11.1 Å². The van der Waals surface area contributed by atoms with Gasteiger partial charge in [-0.2, -0.15) is 0 Å². The first kappa shape index (κ1) is 24.3. The molecule has 33 heavy (non-hydrogen) atoms. The lowest BCUT2D eigenvalue weighted by Crippen LogP contribution is -2.15. The molecule has 0 unspecified atom stereocenters. The third kappa shape index (κ3) is 6.38. The predicted octanol–water partition coefficient (Wildman–Crippen LogP) is 6.75. The number of hydrogen-bond acceptors (Lipinski definition) is 6. The van der Waals surface area contributed by atoms with Crippen molar-refractivity contribution >= 4 is 57.3 Å². The van der Waals surface area contributed by atoms with E-state index in [1.54, 1.807) is 12.1 Å². The van der Waals surface area contributed by atoms with Crippen LogP contribution in [0.25, 0.3) is 11.3 Å². The van der Waals surface area contributed by atoms with Gasteiger partial charge >= 0.3 is 0 Å². The highest BCUT2D eigenvalue weighted by Crippen LogP contribution is 2.32. The van der Waals surface area contributed by atoms with E-state index < -0.39 is 0 Å². The van der Waals surface area contributed by atoms with Crippen LogP contribution in [0.2, 0.25) is 10.0 Å². The fraction of sp³-hybridized carbons (Fsp3) is 0.391. The Balaban J connectivity index is 1.36. The summed E-state index contributed by atoms with van der Waals surface area (Å²) in [6.07, 6.45) is 9.21. The summed E-state index contributed by atoms with van der Waals surface area (Å²) in [5.74, 6) is 1.72. The third-order valence-corrected chi connectivity index (χ3v) is 7.86. The summed E-state index contributed by atoms with van der Waals surface area (Å²) < 4.78 is 2.07. The highest BCUT2D eigenvalue weighted by Gasteiger charge is 2.20. The smallest absolute Gasteiger partial charge is 0.236 e. The molecular formula is C23H25Cl2N5OS2. The molecule has 0 saturated heterocycles. The van der Waals surface area contributed by atoms with Gasteiger partial charge in [0.05, 0.1) is 16.5 Å². The van der Waals surface area contributed by atoms with E-state index >= 15 is 0 Å². The average Bonchev–Trinajstić information content (AvgIpc) is 3.41. The fourth-order valence-electron chi connectivity index (χ4n) is 3.98. The summed E-state index contributed by atoms with van der Waals surface area (Å²) >= 11 is 15.0. The number of allylic oxidation sites excluding steroid dienone is 1. The van der Waals surface area contributed by atoms with Crippen LogP contribution >= 0.6 is 46.3 Å².